The Balaban J connectivity index is 1.43. The molecular weight excluding hydrogens is 534 g/mol. The Hall–Kier alpha value is -5.08. The van der Waals surface area contributed by atoms with Gasteiger partial charge >= 0.3 is 0 Å². The first kappa shape index (κ1) is 25.4. The van der Waals surface area contributed by atoms with Crippen molar-refractivity contribution >= 4 is 39.0 Å². The first-order valence-corrected chi connectivity index (χ1v) is 15.5. The van der Waals surface area contributed by atoms with E-state index in [4.69, 9.17) is 4.42 Å². The van der Waals surface area contributed by atoms with E-state index < -0.39 is 0 Å². The van der Waals surface area contributed by atoms with Crippen molar-refractivity contribution in [2.45, 2.75) is 38.5 Å². The van der Waals surface area contributed by atoms with Gasteiger partial charge in [0.05, 0.1) is 22.4 Å². The van der Waals surface area contributed by atoms with Gasteiger partial charge in [-0.3, -0.25) is 0 Å². The van der Waals surface area contributed by atoms with Gasteiger partial charge in [-0.05, 0) is 69.3 Å². The molecule has 0 aliphatic heterocycles. The third-order valence-corrected chi connectivity index (χ3v) is 10.2. The van der Waals surface area contributed by atoms with Crippen LogP contribution in [0.2, 0.25) is 0 Å². The van der Waals surface area contributed by atoms with Crippen LogP contribution in [0.4, 0.5) is 17.1 Å². The third kappa shape index (κ3) is 3.20. The minimum Gasteiger partial charge on any atom is -0.456 e. The molecule has 0 unspecified atom stereocenters. The maximum Gasteiger partial charge on any atom is 0.137 e. The number of benzene rings is 6. The summed E-state index contributed by atoms with van der Waals surface area (Å²) in [6, 6.07) is 46.5. The summed E-state index contributed by atoms with van der Waals surface area (Å²) in [5, 5.41) is 2.27. The normalized spacial score (nSPS) is 15.2. The van der Waals surface area contributed by atoms with Crippen LogP contribution >= 0.6 is 0 Å². The standard InChI is InChI=1S/C42H33NO/c1-41(2)31-19-9-6-15-28(31)38-32(41)20-12-21-33(38)43(34-22-13-25-37-39(34)29-16-7-10-24-36(29)44-37)35-23-11-17-27-26-14-5-8-18-30(26)42(3,4)40(27)35/h5-25H,1-4H3. The molecule has 2 aliphatic rings. The number of nitrogens with zero attached hydrogens (tertiary/aromatic N) is 1. The van der Waals surface area contributed by atoms with E-state index in [2.05, 4.69) is 160 Å². The van der Waals surface area contributed by atoms with Gasteiger partial charge < -0.3 is 9.32 Å². The maximum atomic E-state index is 6.45. The summed E-state index contributed by atoms with van der Waals surface area (Å²) in [7, 11) is 0. The van der Waals surface area contributed by atoms with Crippen molar-refractivity contribution in [3.8, 4) is 22.3 Å². The zero-order valence-electron chi connectivity index (χ0n) is 25.5. The van der Waals surface area contributed by atoms with Crippen LogP contribution in [0.1, 0.15) is 49.9 Å². The van der Waals surface area contributed by atoms with Gasteiger partial charge in [0.15, 0.2) is 0 Å². The lowest BCUT2D eigenvalue weighted by Gasteiger charge is -2.34. The van der Waals surface area contributed by atoms with Crippen LogP contribution in [0.15, 0.2) is 132 Å². The van der Waals surface area contributed by atoms with Gasteiger partial charge in [-0.15, -0.1) is 0 Å². The predicted molar refractivity (Wildman–Crippen MR) is 184 cm³/mol. The van der Waals surface area contributed by atoms with E-state index in [0.29, 0.717) is 0 Å². The quantitative estimate of drug-likeness (QED) is 0.211. The summed E-state index contributed by atoms with van der Waals surface area (Å²) in [5.74, 6) is 0. The molecule has 0 saturated carbocycles. The van der Waals surface area contributed by atoms with E-state index in [1.807, 2.05) is 0 Å². The van der Waals surface area contributed by atoms with Crippen molar-refractivity contribution in [1.29, 1.82) is 0 Å². The van der Waals surface area contributed by atoms with Crippen molar-refractivity contribution in [2.24, 2.45) is 0 Å². The van der Waals surface area contributed by atoms with Gasteiger partial charge in [0.25, 0.3) is 0 Å². The van der Waals surface area contributed by atoms with Crippen LogP contribution in [0, 0.1) is 0 Å². The Morgan fingerprint density at radius 3 is 1.86 bits per heavy atom. The van der Waals surface area contributed by atoms with Gasteiger partial charge in [0.2, 0.25) is 0 Å². The minimum atomic E-state index is -0.178. The number of anilines is 3. The number of hydrogen-bond acceptors (Lipinski definition) is 2. The fourth-order valence-corrected chi connectivity index (χ4v) is 8.26. The van der Waals surface area contributed by atoms with Crippen molar-refractivity contribution in [3.63, 3.8) is 0 Å². The van der Waals surface area contributed by atoms with E-state index in [1.54, 1.807) is 0 Å². The predicted octanol–water partition coefficient (Wildman–Crippen LogP) is 11.7. The highest BCUT2D eigenvalue weighted by molar-refractivity contribution is 6.14. The molecule has 212 valence electrons. The lowest BCUT2D eigenvalue weighted by molar-refractivity contribution is 0.659. The van der Waals surface area contributed by atoms with Crippen LogP contribution in [-0.2, 0) is 10.8 Å². The molecule has 7 aromatic rings. The summed E-state index contributed by atoms with van der Waals surface area (Å²) < 4.78 is 6.45. The average molecular weight is 568 g/mol. The summed E-state index contributed by atoms with van der Waals surface area (Å²) >= 11 is 0. The minimum absolute atomic E-state index is 0.101. The third-order valence-electron chi connectivity index (χ3n) is 10.2. The lowest BCUT2D eigenvalue weighted by Crippen LogP contribution is -2.21. The second-order valence-corrected chi connectivity index (χ2v) is 13.3. The number of hydrogen-bond donors (Lipinski definition) is 0. The molecule has 2 aliphatic carbocycles. The van der Waals surface area contributed by atoms with Crippen LogP contribution in [-0.4, -0.2) is 0 Å². The lowest BCUT2D eigenvalue weighted by atomic mass is 9.81. The van der Waals surface area contributed by atoms with Gasteiger partial charge in [-0.2, -0.15) is 0 Å². The van der Waals surface area contributed by atoms with Crippen molar-refractivity contribution in [3.05, 3.63) is 150 Å². The Morgan fingerprint density at radius 1 is 0.455 bits per heavy atom. The number of para-hydroxylation sites is 1. The van der Waals surface area contributed by atoms with Crippen molar-refractivity contribution in [1.82, 2.24) is 0 Å². The van der Waals surface area contributed by atoms with Gasteiger partial charge in [0, 0.05) is 21.8 Å². The molecule has 6 aromatic carbocycles. The molecule has 0 bridgehead atoms. The van der Waals surface area contributed by atoms with Crippen molar-refractivity contribution in [2.75, 3.05) is 4.90 Å². The number of furan rings is 1. The zero-order valence-corrected chi connectivity index (χ0v) is 25.5. The molecule has 44 heavy (non-hydrogen) atoms. The molecular formula is C42H33NO. The highest BCUT2D eigenvalue weighted by atomic mass is 16.3. The molecule has 0 amide bonds. The average Bonchev–Trinajstić information content (AvgIpc) is 3.62. The molecule has 1 aromatic heterocycles. The topological polar surface area (TPSA) is 16.4 Å². The maximum absolute atomic E-state index is 6.45. The molecule has 0 spiro atoms. The fourth-order valence-electron chi connectivity index (χ4n) is 8.26. The number of rotatable bonds is 3. The first-order chi connectivity index (χ1) is 21.4. The van der Waals surface area contributed by atoms with E-state index in [-0.39, 0.29) is 10.8 Å². The Bertz CT molecular complexity index is 2300. The monoisotopic (exact) mass is 567 g/mol. The van der Waals surface area contributed by atoms with Gasteiger partial charge in [-0.1, -0.05) is 125 Å². The number of fused-ring (bicyclic) bond motifs is 9. The molecule has 0 atom stereocenters. The fraction of sp³-hybridized carbons (Fsp3) is 0.143. The van der Waals surface area contributed by atoms with Crippen molar-refractivity contribution < 1.29 is 4.42 Å². The second-order valence-electron chi connectivity index (χ2n) is 13.3. The Morgan fingerprint density at radius 2 is 1.02 bits per heavy atom. The molecule has 2 nitrogen and oxygen atoms in total. The van der Waals surface area contributed by atoms with Crippen LogP contribution in [0.5, 0.6) is 0 Å². The van der Waals surface area contributed by atoms with Crippen LogP contribution in [0.3, 0.4) is 0 Å². The molecule has 0 N–H and O–H groups in total. The molecule has 0 radical (unpaired) electrons. The summed E-state index contributed by atoms with van der Waals surface area (Å²) in [6.45, 7) is 9.47. The van der Waals surface area contributed by atoms with Crippen LogP contribution in [0.25, 0.3) is 44.2 Å². The summed E-state index contributed by atoms with van der Waals surface area (Å²) in [6.07, 6.45) is 0. The molecule has 9 rings (SSSR count). The SMILES string of the molecule is CC1(C)c2ccccc2-c2c(N(c3cccc4c3C(C)(C)c3ccccc3-4)c3cccc4oc5ccccc5c34)cccc21. The largest absolute Gasteiger partial charge is 0.456 e. The van der Waals surface area contributed by atoms with Gasteiger partial charge in [0.1, 0.15) is 11.2 Å². The smallest absolute Gasteiger partial charge is 0.137 e. The first-order valence-electron chi connectivity index (χ1n) is 15.5. The molecule has 2 heteroatoms. The van der Waals surface area contributed by atoms with Crippen LogP contribution < -0.4 is 4.90 Å². The second kappa shape index (κ2) is 8.74. The van der Waals surface area contributed by atoms with Gasteiger partial charge in [-0.25, -0.2) is 0 Å². The highest BCUT2D eigenvalue weighted by Crippen LogP contribution is 2.58. The summed E-state index contributed by atoms with van der Waals surface area (Å²) in [4.78, 5) is 2.54. The zero-order chi connectivity index (χ0) is 29.8. The molecule has 1 heterocycles. The van der Waals surface area contributed by atoms with E-state index in [9.17, 15) is 0 Å². The molecule has 0 saturated heterocycles. The van der Waals surface area contributed by atoms with E-state index in [0.717, 1.165) is 27.6 Å². The van der Waals surface area contributed by atoms with E-state index >= 15 is 0 Å². The van der Waals surface area contributed by atoms with E-state index in [1.165, 1.54) is 55.9 Å². The Labute approximate surface area is 258 Å². The summed E-state index contributed by atoms with van der Waals surface area (Å²) in [5.41, 5.74) is 15.8. The Kier molecular flexibility index (Phi) is 5.05. The molecule has 0 fully saturated rings. The highest BCUT2D eigenvalue weighted by Gasteiger charge is 2.41.